The van der Waals surface area contributed by atoms with E-state index in [1.807, 2.05) is 13.8 Å². The SMILES string of the molecule is CC(C)C(C=O)NC(C)(C)C.CNC(C)C(=O)NCCCC(N)C=O.COCC(Cl)(Cl)Cl.O=CO. The van der Waals surface area contributed by atoms with Gasteiger partial charge in [-0.3, -0.25) is 9.59 Å². The third-order valence-electron chi connectivity index (χ3n) is 3.79. The normalized spacial score (nSPS) is 13.3. The van der Waals surface area contributed by atoms with E-state index < -0.39 is 9.83 Å². The predicted octanol–water partition coefficient (Wildman–Crippen LogP) is 2.32. The molecule has 0 aliphatic rings. The first-order chi connectivity index (χ1) is 16.0. The van der Waals surface area contributed by atoms with Crippen LogP contribution < -0.4 is 21.7 Å². The highest BCUT2D eigenvalue weighted by Gasteiger charge is 2.19. The summed E-state index contributed by atoms with van der Waals surface area (Å²) in [6.45, 7) is 12.5. The standard InChI is InChI=1S/C9H19N3O2.C9H19NO.C3H5Cl3O.CH2O2/c1-7(11-2)9(14)12-5-3-4-8(10)6-13;1-7(2)8(6-11)10-9(3,4)5;1-7-2-3(4,5)6;2-1-3/h6-8,11H,3-5,10H2,1-2H3,(H,12,14);6-8,10H,1-5H3;2H2,1H3;1H,(H,2,3). The molecule has 0 aliphatic heterocycles. The Morgan fingerprint density at radius 2 is 1.57 bits per heavy atom. The molecule has 0 aromatic rings. The first-order valence-electron chi connectivity index (χ1n) is 11.0. The van der Waals surface area contributed by atoms with Crippen molar-refractivity contribution in [2.75, 3.05) is 27.3 Å². The Balaban J connectivity index is -0.000000203. The lowest BCUT2D eigenvalue weighted by atomic mass is 10.0. The molecule has 0 fully saturated rings. The van der Waals surface area contributed by atoms with Gasteiger partial charge in [-0.15, -0.1) is 0 Å². The summed E-state index contributed by atoms with van der Waals surface area (Å²) in [5.74, 6) is 0.332. The number of carboxylic acid groups (broad SMARTS) is 1. The van der Waals surface area contributed by atoms with Gasteiger partial charge in [-0.25, -0.2) is 0 Å². The minimum atomic E-state index is -1.26. The lowest BCUT2D eigenvalue weighted by Gasteiger charge is -2.27. The fourth-order valence-electron chi connectivity index (χ4n) is 1.92. The number of hydrogen-bond donors (Lipinski definition) is 5. The number of nitrogens with one attached hydrogen (secondary N) is 3. The van der Waals surface area contributed by atoms with Crippen LogP contribution in [0.4, 0.5) is 0 Å². The minimum Gasteiger partial charge on any atom is -0.483 e. The number of amides is 1. The van der Waals surface area contributed by atoms with E-state index in [4.69, 9.17) is 50.4 Å². The van der Waals surface area contributed by atoms with Gasteiger partial charge in [0, 0.05) is 19.2 Å². The van der Waals surface area contributed by atoms with E-state index in [0.29, 0.717) is 18.9 Å². The molecule has 6 N–H and O–H groups in total. The molecule has 210 valence electrons. The maximum absolute atomic E-state index is 11.2. The number of carbonyl (C=O) groups is 4. The molecule has 0 aromatic carbocycles. The fourth-order valence-corrected chi connectivity index (χ4v) is 2.25. The number of hydrogen-bond acceptors (Lipinski definition) is 8. The second kappa shape index (κ2) is 24.7. The topological polar surface area (TPSA) is 160 Å². The maximum atomic E-state index is 11.2. The predicted molar refractivity (Wildman–Crippen MR) is 143 cm³/mol. The Morgan fingerprint density at radius 3 is 1.80 bits per heavy atom. The van der Waals surface area contributed by atoms with Crippen molar-refractivity contribution in [2.24, 2.45) is 11.7 Å². The van der Waals surface area contributed by atoms with Crippen LogP contribution in [0.2, 0.25) is 0 Å². The summed E-state index contributed by atoms with van der Waals surface area (Å²) in [7, 11) is 3.20. The van der Waals surface area contributed by atoms with Gasteiger partial charge in [0.2, 0.25) is 9.70 Å². The Labute approximate surface area is 225 Å². The highest BCUT2D eigenvalue weighted by molar-refractivity contribution is 6.67. The average molecular weight is 568 g/mol. The zero-order chi connectivity index (χ0) is 28.7. The zero-order valence-electron chi connectivity index (χ0n) is 22.1. The number of aldehydes is 2. The number of carbonyl (C=O) groups excluding carboxylic acids is 3. The van der Waals surface area contributed by atoms with E-state index in [9.17, 15) is 14.4 Å². The number of nitrogens with two attached hydrogens (primary N) is 1. The molecule has 0 spiro atoms. The van der Waals surface area contributed by atoms with Crippen molar-refractivity contribution in [1.29, 1.82) is 0 Å². The van der Waals surface area contributed by atoms with Gasteiger partial charge in [0.1, 0.15) is 12.6 Å². The van der Waals surface area contributed by atoms with Crippen LogP contribution in [0.15, 0.2) is 0 Å². The van der Waals surface area contributed by atoms with Gasteiger partial charge in [-0.1, -0.05) is 48.7 Å². The Morgan fingerprint density at radius 1 is 1.09 bits per heavy atom. The van der Waals surface area contributed by atoms with Gasteiger partial charge in [-0.05, 0) is 53.5 Å². The van der Waals surface area contributed by atoms with Gasteiger partial charge in [0.25, 0.3) is 6.47 Å². The molecule has 0 saturated carbocycles. The van der Waals surface area contributed by atoms with Crippen LogP contribution in [-0.2, 0) is 23.9 Å². The number of halogens is 3. The van der Waals surface area contributed by atoms with Crippen LogP contribution >= 0.6 is 34.8 Å². The molecule has 10 nitrogen and oxygen atoms in total. The van der Waals surface area contributed by atoms with Crippen molar-refractivity contribution in [3.8, 4) is 0 Å². The van der Waals surface area contributed by atoms with Gasteiger partial charge in [0.05, 0.1) is 24.7 Å². The summed E-state index contributed by atoms with van der Waals surface area (Å²) >= 11 is 15.7. The van der Waals surface area contributed by atoms with E-state index in [1.165, 1.54) is 7.11 Å². The Bertz CT molecular complexity index is 544. The van der Waals surface area contributed by atoms with Crippen molar-refractivity contribution >= 4 is 59.8 Å². The highest BCUT2D eigenvalue weighted by atomic mass is 35.6. The molecule has 0 heterocycles. The largest absolute Gasteiger partial charge is 0.483 e. The van der Waals surface area contributed by atoms with Gasteiger partial charge in [0.15, 0.2) is 0 Å². The smallest absolute Gasteiger partial charge is 0.290 e. The summed E-state index contributed by atoms with van der Waals surface area (Å²) in [6, 6.07) is -0.613. The molecule has 3 unspecified atom stereocenters. The molecular weight excluding hydrogens is 523 g/mol. The molecule has 0 radical (unpaired) electrons. The first kappa shape index (κ1) is 41.1. The molecular formula is C22H45Cl3N4O6. The second-order valence-corrected chi connectivity index (χ2v) is 11.2. The van der Waals surface area contributed by atoms with Crippen molar-refractivity contribution in [2.45, 2.75) is 81.8 Å². The quantitative estimate of drug-likeness (QED) is 0.143. The van der Waals surface area contributed by atoms with Crippen LogP contribution in [0.5, 0.6) is 0 Å². The van der Waals surface area contributed by atoms with Crippen molar-refractivity contribution in [3.05, 3.63) is 0 Å². The Kier molecular flexibility index (Phi) is 29.0. The minimum absolute atomic E-state index is 0.0185. The average Bonchev–Trinajstić information content (AvgIpc) is 2.73. The van der Waals surface area contributed by atoms with Crippen LogP contribution in [-0.4, -0.2) is 84.8 Å². The summed E-state index contributed by atoms with van der Waals surface area (Å²) in [6.07, 6.45) is 3.04. The Hall–Kier alpha value is -1.01. The zero-order valence-corrected chi connectivity index (χ0v) is 24.3. The summed E-state index contributed by atoms with van der Waals surface area (Å²) < 4.78 is 3.26. The molecule has 1 amide bonds. The van der Waals surface area contributed by atoms with Crippen molar-refractivity contribution < 1.29 is 29.0 Å². The third-order valence-corrected chi connectivity index (χ3v) is 4.11. The van der Waals surface area contributed by atoms with Crippen LogP contribution in [0.25, 0.3) is 0 Å². The number of ether oxygens (including phenoxy) is 1. The van der Waals surface area contributed by atoms with Gasteiger partial charge < -0.3 is 41.1 Å². The molecule has 35 heavy (non-hydrogen) atoms. The summed E-state index contributed by atoms with van der Waals surface area (Å²) in [5, 5.41) is 15.7. The molecule has 0 aromatic heterocycles. The van der Waals surface area contributed by atoms with Crippen LogP contribution in [0, 0.1) is 5.92 Å². The fraction of sp³-hybridized carbons (Fsp3) is 0.818. The number of rotatable bonds is 11. The molecule has 0 bridgehead atoms. The first-order valence-corrected chi connectivity index (χ1v) is 12.1. The molecule has 0 saturated heterocycles. The number of alkyl halides is 3. The molecule has 0 rings (SSSR count). The van der Waals surface area contributed by atoms with E-state index in [2.05, 4.69) is 41.5 Å². The molecule has 0 aliphatic carbocycles. The highest BCUT2D eigenvalue weighted by Crippen LogP contribution is 2.25. The monoisotopic (exact) mass is 566 g/mol. The summed E-state index contributed by atoms with van der Waals surface area (Å²) in [5.41, 5.74) is 5.41. The van der Waals surface area contributed by atoms with E-state index in [1.54, 1.807) is 14.0 Å². The summed E-state index contributed by atoms with van der Waals surface area (Å²) in [4.78, 5) is 40.3. The van der Waals surface area contributed by atoms with Crippen LogP contribution in [0.1, 0.15) is 54.4 Å². The maximum Gasteiger partial charge on any atom is 0.290 e. The van der Waals surface area contributed by atoms with Crippen molar-refractivity contribution in [1.82, 2.24) is 16.0 Å². The van der Waals surface area contributed by atoms with E-state index in [0.717, 1.165) is 19.0 Å². The molecule has 13 heteroatoms. The number of methoxy groups -OCH3 is 1. The van der Waals surface area contributed by atoms with Gasteiger partial charge in [-0.2, -0.15) is 0 Å². The molecule has 3 atom stereocenters. The second-order valence-electron chi connectivity index (χ2n) is 8.70. The third kappa shape index (κ3) is 37.7. The van der Waals surface area contributed by atoms with Crippen LogP contribution in [0.3, 0.4) is 0 Å². The number of likely N-dealkylation sites (N-methyl/N-ethyl adjacent to an activating group) is 1. The lowest BCUT2D eigenvalue weighted by molar-refractivity contribution is -0.123. The lowest BCUT2D eigenvalue weighted by Crippen LogP contribution is -2.47. The van der Waals surface area contributed by atoms with Crippen molar-refractivity contribution in [3.63, 3.8) is 0 Å². The van der Waals surface area contributed by atoms with E-state index >= 15 is 0 Å². The van der Waals surface area contributed by atoms with E-state index in [-0.39, 0.29) is 36.6 Å². The van der Waals surface area contributed by atoms with Gasteiger partial charge >= 0.3 is 0 Å².